The van der Waals surface area contributed by atoms with Gasteiger partial charge in [-0.2, -0.15) is 4.72 Å². The van der Waals surface area contributed by atoms with Crippen LogP contribution in [-0.4, -0.2) is 72.4 Å². The molecule has 0 aromatic heterocycles. The number of benzene rings is 2. The Morgan fingerprint density at radius 2 is 1.42 bits per heavy atom. The molecule has 0 radical (unpaired) electrons. The number of carbonyl (C=O) groups excluding carboxylic acids is 1. The molecule has 2 aromatic carbocycles. The third kappa shape index (κ3) is 11.1. The van der Waals surface area contributed by atoms with Crippen molar-refractivity contribution in [3.05, 3.63) is 54.1 Å². The molecule has 0 saturated carbocycles. The van der Waals surface area contributed by atoms with E-state index in [0.717, 1.165) is 0 Å². The molecule has 1 unspecified atom stereocenters. The smallest absolute Gasteiger partial charge is 0.266 e. The van der Waals surface area contributed by atoms with Crippen molar-refractivity contribution in [1.82, 2.24) is 10.2 Å². The van der Waals surface area contributed by atoms with Crippen LogP contribution in [0.25, 0.3) is 0 Å². The second-order valence-corrected chi connectivity index (χ2v) is 9.27. The van der Waals surface area contributed by atoms with Crippen molar-refractivity contribution >= 4 is 15.9 Å². The Hall–Kier alpha value is -3.18. The number of amides is 1. The monoisotopic (exact) mass is 550 g/mol. The second-order valence-electron chi connectivity index (χ2n) is 7.56. The van der Waals surface area contributed by atoms with E-state index in [1.807, 2.05) is 6.92 Å². The Bertz CT molecular complexity index is 1130. The molecule has 0 fully saturated rings. The number of nitrogens with one attached hydrogen (secondary N) is 2. The molecular formula is C26H34N2O9S. The van der Waals surface area contributed by atoms with E-state index in [9.17, 15) is 18.4 Å². The fourth-order valence-electron chi connectivity index (χ4n) is 3.03. The zero-order valence-corrected chi connectivity index (χ0v) is 22.3. The molecule has 0 saturated heterocycles. The highest BCUT2D eigenvalue weighted by molar-refractivity contribution is 7.89. The van der Waals surface area contributed by atoms with Gasteiger partial charge in [0.15, 0.2) is 0 Å². The molecule has 1 atom stereocenters. The zero-order chi connectivity index (χ0) is 27.6. The molecule has 11 nitrogen and oxygen atoms in total. The first-order valence-corrected chi connectivity index (χ1v) is 13.4. The summed E-state index contributed by atoms with van der Waals surface area (Å²) < 4.78 is 55.1. The molecule has 12 heteroatoms. The number of carbonyl (C=O) groups is 1. The number of rotatable bonds is 18. The minimum atomic E-state index is -4.12. The van der Waals surface area contributed by atoms with Gasteiger partial charge in [0.25, 0.3) is 5.91 Å². The Morgan fingerprint density at radius 1 is 0.868 bits per heavy atom. The summed E-state index contributed by atoms with van der Waals surface area (Å²) in [7, 11) is -4.12. The molecule has 0 spiro atoms. The number of ether oxygens (including phenoxy) is 5. The standard InChI is InChI=1S/C26H34N2O9S/c1-3-5-14-36-23-10-12-24(13-11-23)38(31,32)28-25(26(29)27-30)21-6-8-22(9-7-21)37-20-19-35-18-17-34-16-15-33-4-2/h6-13,25,28,30H,4,14-20H2,1-2H3,(H,27,29). The lowest BCUT2D eigenvalue weighted by Gasteiger charge is -2.18. The first kappa shape index (κ1) is 31.0. The highest BCUT2D eigenvalue weighted by Crippen LogP contribution is 2.22. The van der Waals surface area contributed by atoms with E-state index in [2.05, 4.69) is 16.6 Å². The topological polar surface area (TPSA) is 142 Å². The predicted molar refractivity (Wildman–Crippen MR) is 138 cm³/mol. The van der Waals surface area contributed by atoms with Crippen LogP contribution in [0, 0.1) is 11.8 Å². The average molecular weight is 551 g/mol. The van der Waals surface area contributed by atoms with Crippen LogP contribution >= 0.6 is 0 Å². The van der Waals surface area contributed by atoms with Crippen molar-refractivity contribution in [1.29, 1.82) is 0 Å². The van der Waals surface area contributed by atoms with Crippen molar-refractivity contribution < 1.29 is 42.1 Å². The van der Waals surface area contributed by atoms with E-state index in [-0.39, 0.29) is 18.1 Å². The average Bonchev–Trinajstić information content (AvgIpc) is 2.93. The van der Waals surface area contributed by atoms with Crippen LogP contribution in [0.3, 0.4) is 0 Å². The van der Waals surface area contributed by atoms with Crippen LogP contribution in [0.5, 0.6) is 11.5 Å². The van der Waals surface area contributed by atoms with Gasteiger partial charge in [0.05, 0.1) is 37.9 Å². The maximum atomic E-state index is 12.9. The number of sulfonamides is 1. The highest BCUT2D eigenvalue weighted by Gasteiger charge is 2.27. The van der Waals surface area contributed by atoms with Gasteiger partial charge in [-0.25, -0.2) is 13.9 Å². The van der Waals surface area contributed by atoms with Crippen molar-refractivity contribution in [2.45, 2.75) is 24.8 Å². The molecule has 0 bridgehead atoms. The summed E-state index contributed by atoms with van der Waals surface area (Å²) in [5, 5.41) is 9.17. The molecular weight excluding hydrogens is 516 g/mol. The normalized spacial score (nSPS) is 11.8. The summed E-state index contributed by atoms with van der Waals surface area (Å²) >= 11 is 0. The lowest BCUT2D eigenvalue weighted by atomic mass is 10.1. The number of hydrogen-bond acceptors (Lipinski definition) is 9. The Morgan fingerprint density at radius 3 is 2.00 bits per heavy atom. The SMILES string of the molecule is CC#CCOc1ccc(S(=O)(=O)NC(C(=O)NO)c2ccc(OCCOCCOCCOCC)cc2)cc1. The summed E-state index contributed by atoms with van der Waals surface area (Å²) in [5.41, 5.74) is 1.80. The summed E-state index contributed by atoms with van der Waals surface area (Å²) in [6, 6.07) is 10.5. The Labute approximate surface area is 223 Å². The molecule has 0 aliphatic heterocycles. The number of hydroxylamine groups is 1. The van der Waals surface area contributed by atoms with Crippen LogP contribution in [0.1, 0.15) is 25.5 Å². The van der Waals surface area contributed by atoms with Crippen molar-refractivity contribution in [2.75, 3.05) is 52.9 Å². The van der Waals surface area contributed by atoms with Gasteiger partial charge in [-0.3, -0.25) is 10.0 Å². The first-order chi connectivity index (χ1) is 18.4. The summed E-state index contributed by atoms with van der Waals surface area (Å²) in [4.78, 5) is 12.2. The first-order valence-electron chi connectivity index (χ1n) is 12.0. The largest absolute Gasteiger partial charge is 0.491 e. The minimum absolute atomic E-state index is 0.0817. The van der Waals surface area contributed by atoms with E-state index >= 15 is 0 Å². The fraction of sp³-hybridized carbons (Fsp3) is 0.423. The van der Waals surface area contributed by atoms with E-state index in [4.69, 9.17) is 23.7 Å². The van der Waals surface area contributed by atoms with Crippen LogP contribution < -0.4 is 19.7 Å². The minimum Gasteiger partial charge on any atom is -0.491 e. The van der Waals surface area contributed by atoms with E-state index in [1.54, 1.807) is 19.1 Å². The van der Waals surface area contributed by atoms with Gasteiger partial charge < -0.3 is 23.7 Å². The van der Waals surface area contributed by atoms with Crippen LogP contribution in [0.4, 0.5) is 0 Å². The molecule has 38 heavy (non-hydrogen) atoms. The fourth-order valence-corrected chi connectivity index (χ4v) is 4.21. The summed E-state index contributed by atoms with van der Waals surface area (Å²) in [5.74, 6) is 5.44. The maximum absolute atomic E-state index is 12.9. The molecule has 208 valence electrons. The summed E-state index contributed by atoms with van der Waals surface area (Å²) in [6.07, 6.45) is 0. The molecule has 0 heterocycles. The van der Waals surface area contributed by atoms with Gasteiger partial charge in [0, 0.05) is 6.61 Å². The van der Waals surface area contributed by atoms with Gasteiger partial charge >= 0.3 is 0 Å². The molecule has 0 aliphatic carbocycles. The lowest BCUT2D eigenvalue weighted by molar-refractivity contribution is -0.131. The third-order valence-electron chi connectivity index (χ3n) is 4.93. The van der Waals surface area contributed by atoms with E-state index in [1.165, 1.54) is 41.9 Å². The number of hydrogen-bond donors (Lipinski definition) is 3. The quantitative estimate of drug-likeness (QED) is 0.110. The van der Waals surface area contributed by atoms with Gasteiger partial charge in [-0.15, -0.1) is 5.92 Å². The predicted octanol–water partition coefficient (Wildman–Crippen LogP) is 2.06. The maximum Gasteiger partial charge on any atom is 0.266 e. The van der Waals surface area contributed by atoms with Crippen LogP contribution in [0.15, 0.2) is 53.4 Å². The van der Waals surface area contributed by atoms with E-state index < -0.39 is 22.0 Å². The highest BCUT2D eigenvalue weighted by atomic mass is 32.2. The second kappa shape index (κ2) is 17.4. The Kier molecular flexibility index (Phi) is 14.2. The lowest BCUT2D eigenvalue weighted by Crippen LogP contribution is -2.39. The van der Waals surface area contributed by atoms with Crippen molar-refractivity contribution in [3.8, 4) is 23.3 Å². The van der Waals surface area contributed by atoms with Crippen molar-refractivity contribution in [3.63, 3.8) is 0 Å². The molecule has 2 rings (SSSR count). The molecule has 0 aliphatic rings. The van der Waals surface area contributed by atoms with Gasteiger partial charge in [-0.05, 0) is 55.8 Å². The zero-order valence-electron chi connectivity index (χ0n) is 21.5. The van der Waals surface area contributed by atoms with Gasteiger partial charge in [0.1, 0.15) is 30.8 Å². The third-order valence-corrected chi connectivity index (χ3v) is 6.36. The Balaban J connectivity index is 1.89. The van der Waals surface area contributed by atoms with E-state index in [0.29, 0.717) is 56.7 Å². The molecule has 1 amide bonds. The van der Waals surface area contributed by atoms with Crippen LogP contribution in [-0.2, 0) is 29.0 Å². The molecule has 3 N–H and O–H groups in total. The van der Waals surface area contributed by atoms with Gasteiger partial charge in [0.2, 0.25) is 10.0 Å². The summed E-state index contributed by atoms with van der Waals surface area (Å²) in [6.45, 7) is 7.03. The van der Waals surface area contributed by atoms with Crippen molar-refractivity contribution in [2.24, 2.45) is 0 Å². The van der Waals surface area contributed by atoms with Crippen LogP contribution in [0.2, 0.25) is 0 Å². The van der Waals surface area contributed by atoms with Gasteiger partial charge in [-0.1, -0.05) is 18.1 Å². The molecule has 2 aromatic rings.